The SMILES string of the molecule is CCC(=N[C@H](C)c1ccccc1)C1C(=O)NC(=O)N(Cc2ccccc2)C1=O. The lowest BCUT2D eigenvalue weighted by atomic mass is 9.95. The van der Waals surface area contributed by atoms with Crippen LogP contribution in [0.3, 0.4) is 0 Å². The van der Waals surface area contributed by atoms with E-state index in [1.54, 1.807) is 0 Å². The van der Waals surface area contributed by atoms with Gasteiger partial charge in [0, 0.05) is 5.71 Å². The molecule has 2 aromatic carbocycles. The third-order valence-electron chi connectivity index (χ3n) is 4.77. The molecule has 1 aliphatic heterocycles. The Hall–Kier alpha value is -3.28. The lowest BCUT2D eigenvalue weighted by molar-refractivity contribution is -0.139. The van der Waals surface area contributed by atoms with E-state index in [2.05, 4.69) is 10.3 Å². The van der Waals surface area contributed by atoms with E-state index in [1.807, 2.05) is 74.5 Å². The molecule has 6 heteroatoms. The molecule has 1 N–H and O–H groups in total. The predicted molar refractivity (Wildman–Crippen MR) is 107 cm³/mol. The number of aliphatic imine (C=N–C) groups is 1. The molecular weight excluding hydrogens is 354 g/mol. The Bertz CT molecular complexity index is 894. The van der Waals surface area contributed by atoms with Gasteiger partial charge in [-0.15, -0.1) is 0 Å². The van der Waals surface area contributed by atoms with Gasteiger partial charge in [-0.2, -0.15) is 0 Å². The fourth-order valence-electron chi connectivity index (χ4n) is 3.25. The number of carbonyl (C=O) groups excluding carboxylic acids is 3. The number of rotatable bonds is 6. The Kier molecular flexibility index (Phi) is 5.99. The van der Waals surface area contributed by atoms with Crippen LogP contribution in [-0.4, -0.2) is 28.5 Å². The zero-order valence-corrected chi connectivity index (χ0v) is 16.0. The highest BCUT2D eigenvalue weighted by Crippen LogP contribution is 2.22. The van der Waals surface area contributed by atoms with Crippen molar-refractivity contribution in [3.05, 3.63) is 71.8 Å². The summed E-state index contributed by atoms with van der Waals surface area (Å²) in [5, 5.41) is 2.30. The van der Waals surface area contributed by atoms with Crippen molar-refractivity contribution >= 4 is 23.6 Å². The Labute approximate surface area is 164 Å². The molecule has 1 unspecified atom stereocenters. The summed E-state index contributed by atoms with van der Waals surface area (Å²) in [4.78, 5) is 43.5. The molecule has 3 rings (SSSR count). The van der Waals surface area contributed by atoms with Crippen LogP contribution in [0.1, 0.15) is 37.4 Å². The largest absolute Gasteiger partial charge is 0.331 e. The molecule has 1 heterocycles. The monoisotopic (exact) mass is 377 g/mol. The molecule has 144 valence electrons. The molecular formula is C22H23N3O3. The number of benzene rings is 2. The summed E-state index contributed by atoms with van der Waals surface area (Å²) in [5.41, 5.74) is 2.28. The van der Waals surface area contributed by atoms with Gasteiger partial charge >= 0.3 is 6.03 Å². The van der Waals surface area contributed by atoms with Crippen molar-refractivity contribution in [3.63, 3.8) is 0 Å². The van der Waals surface area contributed by atoms with Crippen LogP contribution in [-0.2, 0) is 16.1 Å². The normalized spacial score (nSPS) is 18.8. The summed E-state index contributed by atoms with van der Waals surface area (Å²) in [6.45, 7) is 3.89. The van der Waals surface area contributed by atoms with E-state index in [-0.39, 0.29) is 12.6 Å². The number of imide groups is 2. The van der Waals surface area contributed by atoms with E-state index in [1.165, 1.54) is 0 Å². The average molecular weight is 377 g/mol. The summed E-state index contributed by atoms with van der Waals surface area (Å²) < 4.78 is 0. The Morgan fingerprint density at radius 1 is 1.04 bits per heavy atom. The van der Waals surface area contributed by atoms with E-state index in [4.69, 9.17) is 0 Å². The fourth-order valence-corrected chi connectivity index (χ4v) is 3.25. The van der Waals surface area contributed by atoms with E-state index < -0.39 is 23.8 Å². The van der Waals surface area contributed by atoms with Gasteiger partial charge < -0.3 is 0 Å². The minimum Gasteiger partial charge on any atom is -0.285 e. The first kappa shape index (κ1) is 19.5. The minimum absolute atomic E-state index is 0.112. The van der Waals surface area contributed by atoms with E-state index in [0.29, 0.717) is 12.1 Å². The molecule has 0 aromatic heterocycles. The second-order valence-electron chi connectivity index (χ2n) is 6.70. The lowest BCUT2D eigenvalue weighted by Crippen LogP contribution is -2.59. The fraction of sp³-hybridized carbons (Fsp3) is 0.273. The summed E-state index contributed by atoms with van der Waals surface area (Å²) in [6.07, 6.45) is 0.439. The highest BCUT2D eigenvalue weighted by Gasteiger charge is 2.42. The molecule has 1 saturated heterocycles. The van der Waals surface area contributed by atoms with Gasteiger partial charge in [0.15, 0.2) is 5.92 Å². The van der Waals surface area contributed by atoms with Crippen LogP contribution in [0.2, 0.25) is 0 Å². The highest BCUT2D eigenvalue weighted by atomic mass is 16.2. The maximum absolute atomic E-state index is 13.0. The summed E-state index contributed by atoms with van der Waals surface area (Å²) >= 11 is 0. The number of nitrogens with zero attached hydrogens (tertiary/aromatic N) is 2. The number of barbiturate groups is 1. The summed E-state index contributed by atoms with van der Waals surface area (Å²) in [6, 6.07) is 18.0. The van der Waals surface area contributed by atoms with Gasteiger partial charge in [-0.1, -0.05) is 67.6 Å². The second-order valence-corrected chi connectivity index (χ2v) is 6.70. The van der Waals surface area contributed by atoms with Crippen molar-refractivity contribution in [2.24, 2.45) is 10.9 Å². The number of nitrogens with one attached hydrogen (secondary N) is 1. The van der Waals surface area contributed by atoms with Crippen LogP contribution < -0.4 is 5.32 Å². The van der Waals surface area contributed by atoms with Crippen LogP contribution in [0, 0.1) is 5.92 Å². The summed E-state index contributed by atoms with van der Waals surface area (Å²) in [7, 11) is 0. The third-order valence-corrected chi connectivity index (χ3v) is 4.77. The zero-order chi connectivity index (χ0) is 20.1. The zero-order valence-electron chi connectivity index (χ0n) is 16.0. The number of urea groups is 1. The van der Waals surface area contributed by atoms with Crippen molar-refractivity contribution in [2.45, 2.75) is 32.9 Å². The molecule has 4 amide bonds. The molecule has 0 radical (unpaired) electrons. The maximum Gasteiger partial charge on any atom is 0.331 e. The smallest absolute Gasteiger partial charge is 0.285 e. The topological polar surface area (TPSA) is 78.8 Å². The van der Waals surface area contributed by atoms with E-state index in [0.717, 1.165) is 16.0 Å². The van der Waals surface area contributed by atoms with Crippen molar-refractivity contribution in [1.82, 2.24) is 10.2 Å². The molecule has 28 heavy (non-hydrogen) atoms. The first-order valence-electron chi connectivity index (χ1n) is 9.33. The molecule has 1 fully saturated rings. The number of hydrogen-bond donors (Lipinski definition) is 1. The van der Waals surface area contributed by atoms with Crippen LogP contribution in [0.4, 0.5) is 4.79 Å². The van der Waals surface area contributed by atoms with Crippen molar-refractivity contribution in [1.29, 1.82) is 0 Å². The first-order chi connectivity index (χ1) is 13.5. The van der Waals surface area contributed by atoms with Crippen LogP contribution in [0.25, 0.3) is 0 Å². The van der Waals surface area contributed by atoms with Gasteiger partial charge in [0.05, 0.1) is 12.6 Å². The standard InChI is InChI=1S/C22H23N3O3/c1-3-18(23-15(2)17-12-8-5-9-13-17)19-20(26)24-22(28)25(21(19)27)14-16-10-6-4-7-11-16/h4-13,15,19H,3,14H2,1-2H3,(H,24,26,28)/t15-,19?/m1/s1. The molecule has 0 saturated carbocycles. The molecule has 1 aliphatic rings. The van der Waals surface area contributed by atoms with E-state index >= 15 is 0 Å². The number of amides is 4. The molecule has 6 nitrogen and oxygen atoms in total. The highest BCUT2D eigenvalue weighted by molar-refractivity contribution is 6.27. The van der Waals surface area contributed by atoms with Gasteiger partial charge in [-0.05, 0) is 24.5 Å². The van der Waals surface area contributed by atoms with Gasteiger partial charge in [0.2, 0.25) is 11.8 Å². The average Bonchev–Trinajstić information content (AvgIpc) is 2.71. The molecule has 0 aliphatic carbocycles. The number of hydrogen-bond acceptors (Lipinski definition) is 4. The lowest BCUT2D eigenvalue weighted by Gasteiger charge is -2.31. The predicted octanol–water partition coefficient (Wildman–Crippen LogP) is 3.49. The summed E-state index contributed by atoms with van der Waals surface area (Å²) in [5.74, 6) is -2.23. The van der Waals surface area contributed by atoms with Crippen LogP contribution >= 0.6 is 0 Å². The molecule has 2 atom stereocenters. The molecule has 2 aromatic rings. The maximum atomic E-state index is 13.0. The number of carbonyl (C=O) groups is 3. The van der Waals surface area contributed by atoms with Crippen molar-refractivity contribution in [3.8, 4) is 0 Å². The second kappa shape index (κ2) is 8.61. The molecule has 0 bridgehead atoms. The Morgan fingerprint density at radius 3 is 2.25 bits per heavy atom. The van der Waals surface area contributed by atoms with Gasteiger partial charge in [0.25, 0.3) is 0 Å². The van der Waals surface area contributed by atoms with Gasteiger partial charge in [-0.3, -0.25) is 24.8 Å². The minimum atomic E-state index is -1.09. The van der Waals surface area contributed by atoms with Crippen molar-refractivity contribution in [2.75, 3.05) is 0 Å². The van der Waals surface area contributed by atoms with Crippen molar-refractivity contribution < 1.29 is 14.4 Å². The Morgan fingerprint density at radius 2 is 1.64 bits per heavy atom. The van der Waals surface area contributed by atoms with Gasteiger partial charge in [-0.25, -0.2) is 4.79 Å². The quantitative estimate of drug-likeness (QED) is 0.618. The third kappa shape index (κ3) is 4.17. The first-order valence-corrected chi connectivity index (χ1v) is 9.33. The van der Waals surface area contributed by atoms with Crippen LogP contribution in [0.5, 0.6) is 0 Å². The molecule has 0 spiro atoms. The van der Waals surface area contributed by atoms with E-state index in [9.17, 15) is 14.4 Å². The van der Waals surface area contributed by atoms with Crippen LogP contribution in [0.15, 0.2) is 65.7 Å². The Balaban J connectivity index is 1.87. The van der Waals surface area contributed by atoms with Gasteiger partial charge in [0.1, 0.15) is 0 Å².